The summed E-state index contributed by atoms with van der Waals surface area (Å²) in [4.78, 5) is 25.6. The molecule has 0 aliphatic rings. The molecule has 0 aliphatic carbocycles. The van der Waals surface area contributed by atoms with Crippen LogP contribution in [0.4, 0.5) is 0 Å². The number of carbonyl (C=O) groups is 1. The van der Waals surface area contributed by atoms with Crippen molar-refractivity contribution in [2.45, 2.75) is 53.0 Å². The van der Waals surface area contributed by atoms with Crippen molar-refractivity contribution in [2.75, 3.05) is 13.2 Å². The Kier molecular flexibility index (Phi) is 7.80. The molecule has 2 heterocycles. The minimum Gasteiger partial charge on any atom is -0.494 e. The van der Waals surface area contributed by atoms with Gasteiger partial charge in [-0.25, -0.2) is 0 Å². The molecule has 1 N–H and O–H groups in total. The highest BCUT2D eigenvalue weighted by atomic mass is 16.5. The van der Waals surface area contributed by atoms with Crippen molar-refractivity contribution in [1.29, 1.82) is 0 Å². The van der Waals surface area contributed by atoms with Crippen LogP contribution in [0, 0.1) is 5.92 Å². The molecule has 0 atom stereocenters. The number of carbonyl (C=O) groups excluding carboxylic acids is 1. The molecule has 0 fully saturated rings. The fraction of sp³-hybridized carbons (Fsp3) is 0.407. The van der Waals surface area contributed by atoms with Crippen LogP contribution in [0.25, 0.3) is 16.7 Å². The zero-order chi connectivity index (χ0) is 24.8. The zero-order valence-corrected chi connectivity index (χ0v) is 20.7. The van der Waals surface area contributed by atoms with Gasteiger partial charge in [0, 0.05) is 25.9 Å². The highest BCUT2D eigenvalue weighted by Crippen LogP contribution is 2.17. The van der Waals surface area contributed by atoms with Crippen molar-refractivity contribution in [3.8, 4) is 5.75 Å². The number of benzene rings is 2. The number of aryl methyl sites for hydroxylation is 2. The van der Waals surface area contributed by atoms with Crippen molar-refractivity contribution >= 4 is 22.6 Å². The van der Waals surface area contributed by atoms with Crippen LogP contribution in [-0.2, 0) is 24.2 Å². The van der Waals surface area contributed by atoms with Gasteiger partial charge in [-0.3, -0.25) is 18.6 Å². The molecule has 0 radical (unpaired) electrons. The van der Waals surface area contributed by atoms with Crippen LogP contribution < -0.4 is 15.6 Å². The highest BCUT2D eigenvalue weighted by Gasteiger charge is 2.17. The maximum Gasteiger partial charge on any atom is 0.262 e. The molecule has 2 aromatic carbocycles. The van der Waals surface area contributed by atoms with Crippen molar-refractivity contribution in [3.05, 3.63) is 70.3 Å². The molecule has 4 aromatic rings. The molecule has 8 nitrogen and oxygen atoms in total. The summed E-state index contributed by atoms with van der Waals surface area (Å²) < 4.78 is 9.09. The van der Waals surface area contributed by atoms with E-state index in [1.165, 1.54) is 0 Å². The molecule has 35 heavy (non-hydrogen) atoms. The Balaban J connectivity index is 1.44. The van der Waals surface area contributed by atoms with Gasteiger partial charge in [0.15, 0.2) is 0 Å². The Hall–Kier alpha value is -3.68. The van der Waals surface area contributed by atoms with E-state index >= 15 is 0 Å². The zero-order valence-electron chi connectivity index (χ0n) is 20.7. The molecule has 0 saturated carbocycles. The quantitative estimate of drug-likeness (QED) is 0.357. The third kappa shape index (κ3) is 5.70. The molecule has 2 aromatic heterocycles. The minimum absolute atomic E-state index is 0.0369. The summed E-state index contributed by atoms with van der Waals surface area (Å²) in [6.07, 6.45) is 2.34. The van der Waals surface area contributed by atoms with Gasteiger partial charge in [0.1, 0.15) is 11.6 Å². The van der Waals surface area contributed by atoms with Gasteiger partial charge in [-0.1, -0.05) is 38.1 Å². The maximum atomic E-state index is 13.1. The predicted molar refractivity (Wildman–Crippen MR) is 137 cm³/mol. The van der Waals surface area contributed by atoms with E-state index in [9.17, 15) is 9.59 Å². The monoisotopic (exact) mass is 475 g/mol. The van der Waals surface area contributed by atoms with E-state index in [0.717, 1.165) is 29.7 Å². The van der Waals surface area contributed by atoms with E-state index in [0.29, 0.717) is 55.4 Å². The second-order valence-corrected chi connectivity index (χ2v) is 9.09. The van der Waals surface area contributed by atoms with Gasteiger partial charge in [0.2, 0.25) is 11.7 Å². The average Bonchev–Trinajstić information content (AvgIpc) is 3.28. The number of hydrogen-bond donors (Lipinski definition) is 1. The summed E-state index contributed by atoms with van der Waals surface area (Å²) in [5.74, 6) is 2.48. The molecule has 1 amide bonds. The third-order valence-corrected chi connectivity index (χ3v) is 6.05. The lowest BCUT2D eigenvalue weighted by Gasteiger charge is -2.12. The number of nitrogens with zero attached hydrogens (tertiary/aromatic N) is 4. The van der Waals surface area contributed by atoms with Gasteiger partial charge in [0.05, 0.1) is 17.5 Å². The summed E-state index contributed by atoms with van der Waals surface area (Å²) >= 11 is 0. The fourth-order valence-electron chi connectivity index (χ4n) is 4.14. The molecule has 0 saturated heterocycles. The molecule has 0 unspecified atom stereocenters. The van der Waals surface area contributed by atoms with Crippen LogP contribution in [0.2, 0.25) is 0 Å². The minimum atomic E-state index is -0.0558. The average molecular weight is 476 g/mol. The van der Waals surface area contributed by atoms with Crippen LogP contribution in [0.3, 0.4) is 0 Å². The van der Waals surface area contributed by atoms with E-state index < -0.39 is 0 Å². The Morgan fingerprint density at radius 1 is 1.06 bits per heavy atom. The van der Waals surface area contributed by atoms with E-state index in [-0.39, 0.29) is 11.5 Å². The summed E-state index contributed by atoms with van der Waals surface area (Å²) in [7, 11) is 0. The molecule has 0 aliphatic heterocycles. The molecule has 8 heteroatoms. The molecule has 0 spiro atoms. The molecule has 4 rings (SSSR count). The largest absolute Gasteiger partial charge is 0.494 e. The number of nitrogens with one attached hydrogen (secondary N) is 1. The summed E-state index contributed by atoms with van der Waals surface area (Å²) in [6, 6.07) is 15.4. The van der Waals surface area contributed by atoms with Gasteiger partial charge >= 0.3 is 0 Å². The van der Waals surface area contributed by atoms with Crippen LogP contribution in [-0.4, -0.2) is 38.2 Å². The lowest BCUT2D eigenvalue weighted by Crippen LogP contribution is -2.26. The number of amides is 1. The first kappa shape index (κ1) is 24.4. The Bertz CT molecular complexity index is 1360. The standard InChI is InChI=1S/C27H33N5O3/c1-4-35-21-11-9-20(10-12-21)15-17-28-25(33)14-13-24-29-30-27-31(18-16-19(2)3)26(34)22-7-5-6-8-23(22)32(24)27/h5-12,19H,4,13-18H2,1-3H3,(H,28,33). The van der Waals surface area contributed by atoms with E-state index in [1.54, 1.807) is 4.57 Å². The molecular weight excluding hydrogens is 442 g/mol. The summed E-state index contributed by atoms with van der Waals surface area (Å²) in [5.41, 5.74) is 1.85. The van der Waals surface area contributed by atoms with Crippen molar-refractivity contribution < 1.29 is 9.53 Å². The number of para-hydroxylation sites is 1. The van der Waals surface area contributed by atoms with Crippen LogP contribution in [0.1, 0.15) is 45.0 Å². The normalized spacial score (nSPS) is 11.4. The molecule has 0 bridgehead atoms. The van der Waals surface area contributed by atoms with Crippen LogP contribution >= 0.6 is 0 Å². The summed E-state index contributed by atoms with van der Waals surface area (Å²) in [5, 5.41) is 12.3. The Morgan fingerprint density at radius 3 is 2.57 bits per heavy atom. The van der Waals surface area contributed by atoms with Crippen molar-refractivity contribution in [2.24, 2.45) is 5.92 Å². The summed E-state index contributed by atoms with van der Waals surface area (Å²) in [6.45, 7) is 8.00. The SMILES string of the molecule is CCOc1ccc(CCNC(=O)CCc2nnc3n(CCC(C)C)c(=O)c4ccccc4n23)cc1. The van der Waals surface area contributed by atoms with E-state index in [2.05, 4.69) is 29.4 Å². The van der Waals surface area contributed by atoms with Crippen molar-refractivity contribution in [1.82, 2.24) is 24.5 Å². The first-order valence-corrected chi connectivity index (χ1v) is 12.3. The lowest BCUT2D eigenvalue weighted by molar-refractivity contribution is -0.121. The van der Waals surface area contributed by atoms with Gasteiger partial charge in [0.25, 0.3) is 5.56 Å². The Morgan fingerprint density at radius 2 is 1.83 bits per heavy atom. The van der Waals surface area contributed by atoms with Gasteiger partial charge in [-0.2, -0.15) is 0 Å². The number of ether oxygens (including phenoxy) is 1. The Labute approximate surface area is 204 Å². The number of aromatic nitrogens is 4. The first-order valence-electron chi connectivity index (χ1n) is 12.3. The van der Waals surface area contributed by atoms with Gasteiger partial charge in [-0.15, -0.1) is 10.2 Å². The van der Waals surface area contributed by atoms with Gasteiger partial charge < -0.3 is 10.1 Å². The lowest BCUT2D eigenvalue weighted by atomic mass is 10.1. The fourth-order valence-corrected chi connectivity index (χ4v) is 4.14. The van der Waals surface area contributed by atoms with Crippen molar-refractivity contribution in [3.63, 3.8) is 0 Å². The third-order valence-electron chi connectivity index (χ3n) is 6.05. The number of fused-ring (bicyclic) bond motifs is 3. The maximum absolute atomic E-state index is 13.1. The van der Waals surface area contributed by atoms with E-state index in [4.69, 9.17) is 4.74 Å². The smallest absolute Gasteiger partial charge is 0.262 e. The number of hydrogen-bond acceptors (Lipinski definition) is 5. The van der Waals surface area contributed by atoms with E-state index in [1.807, 2.05) is 59.9 Å². The highest BCUT2D eigenvalue weighted by molar-refractivity contribution is 5.80. The predicted octanol–water partition coefficient (Wildman–Crippen LogP) is 3.78. The van der Waals surface area contributed by atoms with Crippen LogP contribution in [0.5, 0.6) is 5.75 Å². The first-order chi connectivity index (χ1) is 17.0. The molecular formula is C27H33N5O3. The van der Waals surface area contributed by atoms with Gasteiger partial charge in [-0.05, 0) is 55.5 Å². The number of rotatable bonds is 11. The second-order valence-electron chi connectivity index (χ2n) is 9.09. The molecule has 184 valence electrons. The van der Waals surface area contributed by atoms with Crippen LogP contribution in [0.15, 0.2) is 53.3 Å². The topological polar surface area (TPSA) is 90.5 Å². The second kappa shape index (κ2) is 11.2.